The average Bonchev–Trinajstić information content (AvgIpc) is 3.04. The second kappa shape index (κ2) is 40.2. The standard InChI is InChI=1S/C45H92/c1-5-7-9-11-13-15-17-18-19-20-21-22-23-24-25-26-27-28-29-30-32-34-36-38-41-45(4)43-39-42-44(3)40-37-35-33-31-16-14-12-10-8-6-2/h44-45H,5-43H2,1-4H3. The molecule has 0 aliphatic carbocycles. The summed E-state index contributed by atoms with van der Waals surface area (Å²) >= 11 is 0. The van der Waals surface area contributed by atoms with E-state index >= 15 is 0 Å². The Kier molecular flexibility index (Phi) is 40.2. The van der Waals surface area contributed by atoms with Crippen molar-refractivity contribution in [3.8, 4) is 0 Å². The molecule has 0 amide bonds. The zero-order chi connectivity index (χ0) is 32.7. The molecule has 0 nitrogen and oxygen atoms in total. The summed E-state index contributed by atoms with van der Waals surface area (Å²) in [6.07, 6.45) is 57.6. The van der Waals surface area contributed by atoms with Gasteiger partial charge in [0.15, 0.2) is 0 Å². The van der Waals surface area contributed by atoms with Gasteiger partial charge in [0.2, 0.25) is 0 Å². The van der Waals surface area contributed by atoms with E-state index in [4.69, 9.17) is 0 Å². The fourth-order valence-corrected chi connectivity index (χ4v) is 7.54. The molecule has 0 aromatic carbocycles. The highest BCUT2D eigenvalue weighted by molar-refractivity contribution is 4.60. The smallest absolute Gasteiger partial charge is 0.0443 e. The molecule has 0 aliphatic heterocycles. The van der Waals surface area contributed by atoms with E-state index in [0.717, 1.165) is 11.8 Å². The van der Waals surface area contributed by atoms with Crippen LogP contribution in [0.4, 0.5) is 0 Å². The summed E-state index contributed by atoms with van der Waals surface area (Å²) in [5, 5.41) is 0. The molecule has 0 N–H and O–H groups in total. The molecule has 2 atom stereocenters. The van der Waals surface area contributed by atoms with Crippen molar-refractivity contribution >= 4 is 0 Å². The Labute approximate surface area is 289 Å². The minimum absolute atomic E-state index is 0.953. The molecule has 0 aromatic rings. The maximum absolute atomic E-state index is 2.52. The van der Waals surface area contributed by atoms with Gasteiger partial charge in [-0.25, -0.2) is 0 Å². The van der Waals surface area contributed by atoms with Crippen molar-refractivity contribution in [1.29, 1.82) is 0 Å². The molecule has 0 heterocycles. The van der Waals surface area contributed by atoms with Crippen LogP contribution in [0.2, 0.25) is 0 Å². The molecule has 0 fully saturated rings. The van der Waals surface area contributed by atoms with Crippen LogP contribution >= 0.6 is 0 Å². The van der Waals surface area contributed by atoms with Crippen LogP contribution in [-0.2, 0) is 0 Å². The summed E-state index contributed by atoms with van der Waals surface area (Å²) in [6, 6.07) is 0. The maximum atomic E-state index is 2.52. The van der Waals surface area contributed by atoms with Crippen LogP contribution in [0.5, 0.6) is 0 Å². The van der Waals surface area contributed by atoms with Gasteiger partial charge in [-0.15, -0.1) is 0 Å². The van der Waals surface area contributed by atoms with E-state index in [1.807, 2.05) is 0 Å². The Morgan fingerprint density at radius 2 is 0.356 bits per heavy atom. The molecule has 272 valence electrons. The topological polar surface area (TPSA) is 0 Å². The van der Waals surface area contributed by atoms with Crippen molar-refractivity contribution < 1.29 is 0 Å². The third-order valence-electron chi connectivity index (χ3n) is 11.0. The van der Waals surface area contributed by atoms with E-state index < -0.39 is 0 Å². The highest BCUT2D eigenvalue weighted by Gasteiger charge is 2.06. The lowest BCUT2D eigenvalue weighted by Crippen LogP contribution is -1.99. The van der Waals surface area contributed by atoms with Crippen molar-refractivity contribution in [2.24, 2.45) is 11.8 Å². The van der Waals surface area contributed by atoms with Crippen LogP contribution in [0.25, 0.3) is 0 Å². The van der Waals surface area contributed by atoms with Gasteiger partial charge in [-0.3, -0.25) is 0 Å². The molecule has 0 saturated heterocycles. The van der Waals surface area contributed by atoms with Gasteiger partial charge in [-0.2, -0.15) is 0 Å². The van der Waals surface area contributed by atoms with Crippen LogP contribution < -0.4 is 0 Å². The van der Waals surface area contributed by atoms with E-state index in [1.165, 1.54) is 250 Å². The van der Waals surface area contributed by atoms with Gasteiger partial charge in [0, 0.05) is 0 Å². The van der Waals surface area contributed by atoms with Crippen LogP contribution in [0.3, 0.4) is 0 Å². The number of hydrogen-bond acceptors (Lipinski definition) is 0. The van der Waals surface area contributed by atoms with Crippen molar-refractivity contribution in [2.45, 2.75) is 278 Å². The Morgan fingerprint density at radius 3 is 0.556 bits per heavy atom. The number of hydrogen-bond donors (Lipinski definition) is 0. The van der Waals surface area contributed by atoms with E-state index in [1.54, 1.807) is 0 Å². The summed E-state index contributed by atoms with van der Waals surface area (Å²) in [6.45, 7) is 9.66. The van der Waals surface area contributed by atoms with E-state index in [-0.39, 0.29) is 0 Å². The first-order valence-electron chi connectivity index (χ1n) is 22.2. The first kappa shape index (κ1) is 45.0. The van der Waals surface area contributed by atoms with Crippen LogP contribution in [0, 0.1) is 11.8 Å². The predicted molar refractivity (Wildman–Crippen MR) is 210 cm³/mol. The number of rotatable bonds is 40. The Morgan fingerprint density at radius 1 is 0.200 bits per heavy atom. The van der Waals surface area contributed by atoms with E-state index in [9.17, 15) is 0 Å². The predicted octanol–water partition coefficient (Wildman–Crippen LogP) is 17.5. The van der Waals surface area contributed by atoms with Gasteiger partial charge < -0.3 is 0 Å². The van der Waals surface area contributed by atoms with Gasteiger partial charge in [0.05, 0.1) is 0 Å². The second-order valence-electron chi connectivity index (χ2n) is 16.0. The lowest BCUT2D eigenvalue weighted by molar-refractivity contribution is 0.390. The van der Waals surface area contributed by atoms with Gasteiger partial charge in [0.1, 0.15) is 0 Å². The van der Waals surface area contributed by atoms with Crippen molar-refractivity contribution in [1.82, 2.24) is 0 Å². The summed E-state index contributed by atoms with van der Waals surface area (Å²) < 4.78 is 0. The molecule has 0 saturated carbocycles. The Hall–Kier alpha value is 0. The molecule has 0 radical (unpaired) electrons. The molecule has 0 spiro atoms. The van der Waals surface area contributed by atoms with Crippen molar-refractivity contribution in [2.75, 3.05) is 0 Å². The fraction of sp³-hybridized carbons (Fsp3) is 1.00. The average molecular weight is 633 g/mol. The zero-order valence-electron chi connectivity index (χ0n) is 32.7. The minimum Gasteiger partial charge on any atom is -0.0654 e. The van der Waals surface area contributed by atoms with Gasteiger partial charge >= 0.3 is 0 Å². The minimum atomic E-state index is 0.953. The third-order valence-corrected chi connectivity index (χ3v) is 11.0. The fourth-order valence-electron chi connectivity index (χ4n) is 7.54. The third kappa shape index (κ3) is 40.1. The number of unbranched alkanes of at least 4 members (excludes halogenated alkanes) is 32. The summed E-state index contributed by atoms with van der Waals surface area (Å²) in [5.74, 6) is 1.91. The van der Waals surface area contributed by atoms with E-state index in [2.05, 4.69) is 27.7 Å². The SMILES string of the molecule is CCCCCCCCCCCCCCCCCCCCCCCCCCC(C)CCCC(C)CCCCCCCCCCCC. The molecule has 2 unspecified atom stereocenters. The first-order chi connectivity index (χ1) is 22.2. The lowest BCUT2D eigenvalue weighted by atomic mass is 9.92. The van der Waals surface area contributed by atoms with Crippen LogP contribution in [-0.4, -0.2) is 0 Å². The van der Waals surface area contributed by atoms with Gasteiger partial charge in [0.25, 0.3) is 0 Å². The molecule has 0 bridgehead atoms. The second-order valence-corrected chi connectivity index (χ2v) is 16.0. The quantitative estimate of drug-likeness (QED) is 0.0590. The zero-order valence-corrected chi connectivity index (χ0v) is 32.7. The summed E-state index contributed by atoms with van der Waals surface area (Å²) in [4.78, 5) is 0. The monoisotopic (exact) mass is 633 g/mol. The van der Waals surface area contributed by atoms with E-state index in [0.29, 0.717) is 0 Å². The van der Waals surface area contributed by atoms with Crippen molar-refractivity contribution in [3.05, 3.63) is 0 Å². The summed E-state index contributed by atoms with van der Waals surface area (Å²) in [7, 11) is 0. The van der Waals surface area contributed by atoms with Crippen LogP contribution in [0.1, 0.15) is 278 Å². The Bertz CT molecular complexity index is 494. The highest BCUT2D eigenvalue weighted by Crippen LogP contribution is 2.22. The maximum Gasteiger partial charge on any atom is -0.0443 e. The van der Waals surface area contributed by atoms with Gasteiger partial charge in [-0.05, 0) is 11.8 Å². The molecule has 0 aliphatic rings. The molecule has 45 heavy (non-hydrogen) atoms. The largest absolute Gasteiger partial charge is 0.0654 e. The first-order valence-corrected chi connectivity index (χ1v) is 22.2. The van der Waals surface area contributed by atoms with Crippen molar-refractivity contribution in [3.63, 3.8) is 0 Å². The molecule has 0 heteroatoms. The molecule has 0 aromatic heterocycles. The van der Waals surface area contributed by atoms with Gasteiger partial charge in [-0.1, -0.05) is 278 Å². The molecular weight excluding hydrogens is 540 g/mol. The normalized spacial score (nSPS) is 13.1. The molecular formula is C45H92. The lowest BCUT2D eigenvalue weighted by Gasteiger charge is -2.14. The highest BCUT2D eigenvalue weighted by atomic mass is 14.1. The molecule has 0 rings (SSSR count). The van der Waals surface area contributed by atoms with Crippen LogP contribution in [0.15, 0.2) is 0 Å². The Balaban J connectivity index is 3.21. The summed E-state index contributed by atoms with van der Waals surface area (Å²) in [5.41, 5.74) is 0.